The Labute approximate surface area is 233 Å². The molecule has 0 fully saturated rings. The van der Waals surface area contributed by atoms with E-state index in [-0.39, 0.29) is 0 Å². The number of hydrogen-bond acceptors (Lipinski definition) is 3. The van der Waals surface area contributed by atoms with Crippen LogP contribution in [0.1, 0.15) is 30.0 Å². The van der Waals surface area contributed by atoms with Gasteiger partial charge in [0.1, 0.15) is 22.1 Å². The van der Waals surface area contributed by atoms with Crippen molar-refractivity contribution in [1.29, 1.82) is 0 Å². The minimum atomic E-state index is -0.747. The average molecular weight is 530 g/mol. The standard InChI is InChI=1S/C34H28ClN3O/c1-2-22-39-29-18-19-31-30(24-29)33(25-20-21-36-32(35)23-25)37-38(31)34(26-12-6-3-7-13-26,27-14-8-4-9-15-27)28-16-10-5-11-17-28/h3-21,23-24H,2,22H2,1H3. The summed E-state index contributed by atoms with van der Waals surface area (Å²) < 4.78 is 8.21. The second-order valence-electron chi connectivity index (χ2n) is 9.46. The van der Waals surface area contributed by atoms with Gasteiger partial charge in [-0.1, -0.05) is 110 Å². The third kappa shape index (κ3) is 4.47. The number of hydrogen-bond donors (Lipinski definition) is 0. The predicted octanol–water partition coefficient (Wildman–Crippen LogP) is 8.38. The van der Waals surface area contributed by atoms with Crippen molar-refractivity contribution in [2.24, 2.45) is 0 Å². The molecule has 39 heavy (non-hydrogen) atoms. The van der Waals surface area contributed by atoms with E-state index in [9.17, 15) is 0 Å². The summed E-state index contributed by atoms with van der Waals surface area (Å²) in [5.74, 6) is 0.815. The first-order valence-electron chi connectivity index (χ1n) is 13.2. The van der Waals surface area contributed by atoms with Crippen LogP contribution in [0.5, 0.6) is 5.75 Å². The van der Waals surface area contributed by atoms with Crippen LogP contribution in [0.3, 0.4) is 0 Å². The van der Waals surface area contributed by atoms with Crippen molar-refractivity contribution >= 4 is 22.5 Å². The van der Waals surface area contributed by atoms with Gasteiger partial charge in [0.2, 0.25) is 0 Å². The van der Waals surface area contributed by atoms with Gasteiger partial charge in [0.05, 0.1) is 12.1 Å². The van der Waals surface area contributed by atoms with Gasteiger partial charge in [-0.3, -0.25) is 0 Å². The molecule has 2 heterocycles. The highest BCUT2D eigenvalue weighted by Crippen LogP contribution is 2.44. The molecule has 0 saturated heterocycles. The maximum Gasteiger partial charge on any atom is 0.138 e. The van der Waals surface area contributed by atoms with E-state index in [1.807, 2.05) is 36.4 Å². The van der Waals surface area contributed by atoms with Crippen molar-refractivity contribution in [2.45, 2.75) is 18.9 Å². The third-order valence-electron chi connectivity index (χ3n) is 7.02. The number of ether oxygens (including phenoxy) is 1. The molecule has 0 atom stereocenters. The van der Waals surface area contributed by atoms with Crippen molar-refractivity contribution in [2.75, 3.05) is 6.61 Å². The fourth-order valence-electron chi connectivity index (χ4n) is 5.33. The summed E-state index contributed by atoms with van der Waals surface area (Å²) in [7, 11) is 0. The highest BCUT2D eigenvalue weighted by Gasteiger charge is 2.41. The fraction of sp³-hybridized carbons (Fsp3) is 0.118. The van der Waals surface area contributed by atoms with E-state index < -0.39 is 5.54 Å². The number of aromatic nitrogens is 3. The molecule has 0 aliphatic rings. The van der Waals surface area contributed by atoms with Crippen molar-refractivity contribution in [1.82, 2.24) is 14.8 Å². The van der Waals surface area contributed by atoms with Crippen LogP contribution in [0, 0.1) is 0 Å². The molecule has 4 aromatic carbocycles. The highest BCUT2D eigenvalue weighted by atomic mass is 35.5. The Balaban J connectivity index is 1.75. The van der Waals surface area contributed by atoms with Gasteiger partial charge < -0.3 is 4.74 Å². The first kappa shape index (κ1) is 24.9. The first-order chi connectivity index (χ1) is 19.2. The Morgan fingerprint density at radius 1 is 0.744 bits per heavy atom. The minimum absolute atomic E-state index is 0.425. The van der Waals surface area contributed by atoms with Crippen LogP contribution in [-0.2, 0) is 5.54 Å². The average Bonchev–Trinajstić information content (AvgIpc) is 3.37. The molecule has 0 bridgehead atoms. The maximum absolute atomic E-state index is 6.36. The third-order valence-corrected chi connectivity index (χ3v) is 7.22. The van der Waals surface area contributed by atoms with Gasteiger partial charge in [0.15, 0.2) is 0 Å². The maximum atomic E-state index is 6.36. The molecule has 4 nitrogen and oxygen atoms in total. The van der Waals surface area contributed by atoms with Crippen molar-refractivity contribution in [3.63, 3.8) is 0 Å². The van der Waals surface area contributed by atoms with Gasteiger partial charge in [0.25, 0.3) is 0 Å². The molecule has 192 valence electrons. The Morgan fingerprint density at radius 2 is 1.33 bits per heavy atom. The summed E-state index contributed by atoms with van der Waals surface area (Å²) in [6, 6.07) is 41.8. The number of benzene rings is 4. The summed E-state index contributed by atoms with van der Waals surface area (Å²) >= 11 is 6.36. The lowest BCUT2D eigenvalue weighted by atomic mass is 9.77. The van der Waals surface area contributed by atoms with Gasteiger partial charge in [-0.25, -0.2) is 9.67 Å². The van der Waals surface area contributed by atoms with Crippen LogP contribution in [0.25, 0.3) is 22.2 Å². The Bertz CT molecular complexity index is 1600. The molecular formula is C34H28ClN3O. The number of fused-ring (bicyclic) bond motifs is 1. The van der Waals surface area contributed by atoms with E-state index in [1.165, 1.54) is 0 Å². The van der Waals surface area contributed by atoms with E-state index >= 15 is 0 Å². The van der Waals surface area contributed by atoms with Crippen LogP contribution in [0.4, 0.5) is 0 Å². The molecule has 0 aliphatic carbocycles. The van der Waals surface area contributed by atoms with E-state index in [2.05, 4.69) is 102 Å². The molecule has 6 aromatic rings. The number of pyridine rings is 1. The lowest BCUT2D eigenvalue weighted by molar-refractivity contribution is 0.318. The lowest BCUT2D eigenvalue weighted by Crippen LogP contribution is -2.38. The smallest absolute Gasteiger partial charge is 0.138 e. The van der Waals surface area contributed by atoms with Gasteiger partial charge in [0, 0.05) is 17.1 Å². The van der Waals surface area contributed by atoms with Crippen molar-refractivity contribution < 1.29 is 4.74 Å². The van der Waals surface area contributed by atoms with Gasteiger partial charge in [-0.05, 0) is 53.4 Å². The quantitative estimate of drug-likeness (QED) is 0.147. The first-order valence-corrected chi connectivity index (χ1v) is 13.5. The molecule has 0 N–H and O–H groups in total. The molecule has 6 rings (SSSR count). The summed E-state index contributed by atoms with van der Waals surface area (Å²) in [6.45, 7) is 2.76. The molecule has 0 unspecified atom stereocenters. The summed E-state index contributed by atoms with van der Waals surface area (Å²) in [6.07, 6.45) is 2.65. The Hall–Kier alpha value is -4.41. The normalized spacial score (nSPS) is 11.5. The molecular weight excluding hydrogens is 502 g/mol. The van der Waals surface area contributed by atoms with Crippen molar-refractivity contribution in [3.05, 3.63) is 149 Å². The zero-order chi connectivity index (χ0) is 26.7. The summed E-state index contributed by atoms with van der Waals surface area (Å²) in [4.78, 5) is 4.21. The van der Waals surface area contributed by atoms with E-state index in [0.717, 1.165) is 51.0 Å². The topological polar surface area (TPSA) is 39.9 Å². The molecule has 0 saturated carbocycles. The zero-order valence-electron chi connectivity index (χ0n) is 21.7. The van der Waals surface area contributed by atoms with Gasteiger partial charge in [-0.2, -0.15) is 5.10 Å². The van der Waals surface area contributed by atoms with Crippen LogP contribution >= 0.6 is 11.6 Å². The number of rotatable bonds is 8. The number of halogens is 1. The van der Waals surface area contributed by atoms with Crippen LogP contribution in [-0.4, -0.2) is 21.4 Å². The molecule has 0 spiro atoms. The molecule has 2 aromatic heterocycles. The number of nitrogens with zero attached hydrogens (tertiary/aromatic N) is 3. The van der Waals surface area contributed by atoms with E-state index in [0.29, 0.717) is 11.8 Å². The lowest BCUT2D eigenvalue weighted by Gasteiger charge is -2.37. The van der Waals surface area contributed by atoms with Crippen LogP contribution < -0.4 is 4.74 Å². The van der Waals surface area contributed by atoms with Gasteiger partial charge >= 0.3 is 0 Å². The second kappa shape index (κ2) is 10.8. The molecule has 5 heteroatoms. The van der Waals surface area contributed by atoms with Gasteiger partial charge in [-0.15, -0.1) is 0 Å². The highest BCUT2D eigenvalue weighted by molar-refractivity contribution is 6.29. The van der Waals surface area contributed by atoms with E-state index in [1.54, 1.807) is 6.20 Å². The fourth-order valence-corrected chi connectivity index (χ4v) is 5.50. The molecule has 0 radical (unpaired) electrons. The summed E-state index contributed by atoms with van der Waals surface area (Å²) in [5, 5.41) is 6.81. The Morgan fingerprint density at radius 3 is 1.87 bits per heavy atom. The molecule has 0 aliphatic heterocycles. The molecule has 0 amide bonds. The Kier molecular flexibility index (Phi) is 6.87. The van der Waals surface area contributed by atoms with Crippen LogP contribution in [0.2, 0.25) is 5.15 Å². The van der Waals surface area contributed by atoms with Crippen molar-refractivity contribution in [3.8, 4) is 17.0 Å². The zero-order valence-corrected chi connectivity index (χ0v) is 22.4. The monoisotopic (exact) mass is 529 g/mol. The van der Waals surface area contributed by atoms with Crippen LogP contribution in [0.15, 0.2) is 128 Å². The van der Waals surface area contributed by atoms with E-state index in [4.69, 9.17) is 21.4 Å². The minimum Gasteiger partial charge on any atom is -0.494 e. The second-order valence-corrected chi connectivity index (χ2v) is 9.85. The SMILES string of the molecule is CCCOc1ccc2c(c1)c(-c1ccnc(Cl)c1)nn2C(c1ccccc1)(c1ccccc1)c1ccccc1. The predicted molar refractivity (Wildman–Crippen MR) is 158 cm³/mol. The summed E-state index contributed by atoms with van der Waals surface area (Å²) in [5.41, 5.74) is 5.28. The largest absolute Gasteiger partial charge is 0.494 e.